The predicted octanol–water partition coefficient (Wildman–Crippen LogP) is 4.13. The fourth-order valence-corrected chi connectivity index (χ4v) is 3.46. The second kappa shape index (κ2) is 7.20. The largest absolute Gasteiger partial charge is 0.369 e. The summed E-state index contributed by atoms with van der Waals surface area (Å²) in [6.45, 7) is 5.84. The molecule has 126 valence electrons. The Balaban J connectivity index is 1.63. The standard InChI is InChI=1S/C18H20ClN3O2/c1-14(17-4-2-3-5-18(17)19)20-10-12-21(13-11-20)15-6-8-16(9-7-15)22(23)24/h2-9,14H,10-13H2,1H3/t14-/m0/s1. The van der Waals surface area contributed by atoms with Crippen molar-refractivity contribution in [1.29, 1.82) is 0 Å². The molecule has 1 aliphatic heterocycles. The van der Waals surface area contributed by atoms with E-state index in [9.17, 15) is 10.1 Å². The minimum Gasteiger partial charge on any atom is -0.369 e. The number of nitrogens with zero attached hydrogens (tertiary/aromatic N) is 3. The topological polar surface area (TPSA) is 49.6 Å². The van der Waals surface area contributed by atoms with Crippen LogP contribution in [0.3, 0.4) is 0 Å². The van der Waals surface area contributed by atoms with Crippen molar-refractivity contribution in [1.82, 2.24) is 4.90 Å². The first-order valence-electron chi connectivity index (χ1n) is 8.04. The SMILES string of the molecule is C[C@@H](c1ccccc1Cl)N1CCN(c2ccc([N+](=O)[O-])cc2)CC1. The van der Waals surface area contributed by atoms with Crippen molar-refractivity contribution in [2.45, 2.75) is 13.0 Å². The van der Waals surface area contributed by atoms with Crippen LogP contribution in [0.25, 0.3) is 0 Å². The van der Waals surface area contributed by atoms with Crippen LogP contribution in [0.5, 0.6) is 0 Å². The Morgan fingerprint density at radius 1 is 1.04 bits per heavy atom. The zero-order chi connectivity index (χ0) is 17.1. The molecule has 5 nitrogen and oxygen atoms in total. The Morgan fingerprint density at radius 3 is 2.25 bits per heavy atom. The van der Waals surface area contributed by atoms with E-state index in [2.05, 4.69) is 22.8 Å². The van der Waals surface area contributed by atoms with E-state index >= 15 is 0 Å². The average Bonchev–Trinajstić information content (AvgIpc) is 2.62. The summed E-state index contributed by atoms with van der Waals surface area (Å²) in [7, 11) is 0. The summed E-state index contributed by atoms with van der Waals surface area (Å²) in [5.41, 5.74) is 2.32. The summed E-state index contributed by atoms with van der Waals surface area (Å²) in [5, 5.41) is 11.6. The van der Waals surface area contributed by atoms with Gasteiger partial charge in [-0.25, -0.2) is 0 Å². The normalized spacial score (nSPS) is 16.8. The summed E-state index contributed by atoms with van der Waals surface area (Å²) < 4.78 is 0. The zero-order valence-electron chi connectivity index (χ0n) is 13.6. The number of hydrogen-bond acceptors (Lipinski definition) is 4. The Labute approximate surface area is 146 Å². The number of anilines is 1. The molecule has 1 heterocycles. The maximum absolute atomic E-state index is 10.7. The maximum atomic E-state index is 10.7. The molecule has 0 aliphatic carbocycles. The van der Waals surface area contributed by atoms with Gasteiger partial charge in [0.2, 0.25) is 0 Å². The average molecular weight is 346 g/mol. The lowest BCUT2D eigenvalue weighted by atomic mass is 10.1. The van der Waals surface area contributed by atoms with E-state index in [1.54, 1.807) is 12.1 Å². The predicted molar refractivity (Wildman–Crippen MR) is 96.7 cm³/mol. The lowest BCUT2D eigenvalue weighted by molar-refractivity contribution is -0.384. The van der Waals surface area contributed by atoms with Crippen molar-refractivity contribution in [2.75, 3.05) is 31.1 Å². The molecule has 2 aromatic carbocycles. The third-order valence-electron chi connectivity index (χ3n) is 4.64. The summed E-state index contributed by atoms with van der Waals surface area (Å²) in [4.78, 5) is 15.1. The number of non-ortho nitro benzene ring substituents is 1. The second-order valence-corrected chi connectivity index (χ2v) is 6.40. The zero-order valence-corrected chi connectivity index (χ0v) is 14.3. The van der Waals surface area contributed by atoms with E-state index in [1.165, 1.54) is 0 Å². The molecule has 0 aromatic heterocycles. The molecule has 1 saturated heterocycles. The highest BCUT2D eigenvalue weighted by Gasteiger charge is 2.23. The van der Waals surface area contributed by atoms with Crippen molar-refractivity contribution in [3.8, 4) is 0 Å². The van der Waals surface area contributed by atoms with Gasteiger partial charge in [-0.2, -0.15) is 0 Å². The minimum atomic E-state index is -0.368. The van der Waals surface area contributed by atoms with E-state index in [4.69, 9.17) is 11.6 Å². The van der Waals surface area contributed by atoms with E-state index in [1.807, 2.05) is 30.3 Å². The smallest absolute Gasteiger partial charge is 0.269 e. The molecule has 1 aliphatic rings. The van der Waals surface area contributed by atoms with Crippen molar-refractivity contribution in [3.05, 3.63) is 69.2 Å². The molecule has 1 atom stereocenters. The van der Waals surface area contributed by atoms with Gasteiger partial charge in [0.1, 0.15) is 0 Å². The summed E-state index contributed by atoms with van der Waals surface area (Å²) in [6.07, 6.45) is 0. The molecule has 3 rings (SSSR count). The molecular formula is C18H20ClN3O2. The molecule has 24 heavy (non-hydrogen) atoms. The lowest BCUT2D eigenvalue weighted by Crippen LogP contribution is -2.47. The monoisotopic (exact) mass is 345 g/mol. The number of benzene rings is 2. The van der Waals surface area contributed by atoms with Crippen LogP contribution in [0.4, 0.5) is 11.4 Å². The van der Waals surface area contributed by atoms with Crippen LogP contribution in [0, 0.1) is 10.1 Å². The first-order chi connectivity index (χ1) is 11.6. The number of nitro benzene ring substituents is 1. The minimum absolute atomic E-state index is 0.129. The van der Waals surface area contributed by atoms with Gasteiger partial charge < -0.3 is 4.90 Å². The van der Waals surface area contributed by atoms with Gasteiger partial charge in [-0.05, 0) is 30.7 Å². The van der Waals surface area contributed by atoms with Gasteiger partial charge in [0, 0.05) is 55.1 Å². The van der Waals surface area contributed by atoms with Crippen molar-refractivity contribution < 1.29 is 4.92 Å². The molecular weight excluding hydrogens is 326 g/mol. The van der Waals surface area contributed by atoms with E-state index in [0.29, 0.717) is 0 Å². The van der Waals surface area contributed by atoms with Crippen molar-refractivity contribution >= 4 is 23.0 Å². The first kappa shape index (κ1) is 16.7. The summed E-state index contributed by atoms with van der Waals surface area (Å²) in [6, 6.07) is 15.0. The van der Waals surface area contributed by atoms with Crippen LogP contribution >= 0.6 is 11.6 Å². The lowest BCUT2D eigenvalue weighted by Gasteiger charge is -2.39. The fourth-order valence-electron chi connectivity index (χ4n) is 3.16. The molecule has 2 aromatic rings. The molecule has 6 heteroatoms. The van der Waals surface area contributed by atoms with Crippen LogP contribution in [-0.2, 0) is 0 Å². The summed E-state index contributed by atoms with van der Waals surface area (Å²) >= 11 is 6.31. The van der Waals surface area contributed by atoms with Gasteiger partial charge in [-0.1, -0.05) is 29.8 Å². The molecule has 1 fully saturated rings. The van der Waals surface area contributed by atoms with Gasteiger partial charge in [-0.15, -0.1) is 0 Å². The molecule has 0 unspecified atom stereocenters. The molecule has 0 amide bonds. The Bertz CT molecular complexity index is 712. The molecule has 0 N–H and O–H groups in total. The van der Waals surface area contributed by atoms with Gasteiger partial charge in [0.05, 0.1) is 4.92 Å². The first-order valence-corrected chi connectivity index (χ1v) is 8.42. The molecule has 0 saturated carbocycles. The van der Waals surface area contributed by atoms with Gasteiger partial charge >= 0.3 is 0 Å². The number of hydrogen-bond donors (Lipinski definition) is 0. The van der Waals surface area contributed by atoms with Crippen LogP contribution in [-0.4, -0.2) is 36.0 Å². The third-order valence-corrected chi connectivity index (χ3v) is 4.99. The van der Waals surface area contributed by atoms with Crippen molar-refractivity contribution in [3.63, 3.8) is 0 Å². The van der Waals surface area contributed by atoms with Crippen molar-refractivity contribution in [2.24, 2.45) is 0 Å². The van der Waals surface area contributed by atoms with E-state index in [-0.39, 0.29) is 16.7 Å². The third kappa shape index (κ3) is 3.52. The number of rotatable bonds is 4. The number of halogens is 1. The number of nitro groups is 1. The highest BCUT2D eigenvalue weighted by atomic mass is 35.5. The Morgan fingerprint density at radius 2 is 1.67 bits per heavy atom. The van der Waals surface area contributed by atoms with Crippen LogP contribution in [0.2, 0.25) is 5.02 Å². The summed E-state index contributed by atoms with van der Waals surface area (Å²) in [5.74, 6) is 0. The Kier molecular flexibility index (Phi) is 5.02. The highest BCUT2D eigenvalue weighted by molar-refractivity contribution is 6.31. The van der Waals surface area contributed by atoms with Crippen LogP contribution < -0.4 is 4.90 Å². The molecule has 0 radical (unpaired) electrons. The van der Waals surface area contributed by atoms with Gasteiger partial charge in [-0.3, -0.25) is 15.0 Å². The highest BCUT2D eigenvalue weighted by Crippen LogP contribution is 2.29. The Hall–Kier alpha value is -2.11. The quantitative estimate of drug-likeness (QED) is 0.617. The fraction of sp³-hybridized carbons (Fsp3) is 0.333. The van der Waals surface area contributed by atoms with E-state index in [0.717, 1.165) is 42.5 Å². The molecule has 0 spiro atoms. The second-order valence-electron chi connectivity index (χ2n) is 5.99. The van der Waals surface area contributed by atoms with Gasteiger partial charge in [0.15, 0.2) is 0 Å². The van der Waals surface area contributed by atoms with Crippen LogP contribution in [0.1, 0.15) is 18.5 Å². The van der Waals surface area contributed by atoms with Crippen LogP contribution in [0.15, 0.2) is 48.5 Å². The maximum Gasteiger partial charge on any atom is 0.269 e. The van der Waals surface area contributed by atoms with Gasteiger partial charge in [0.25, 0.3) is 5.69 Å². The number of piperazine rings is 1. The van der Waals surface area contributed by atoms with E-state index < -0.39 is 0 Å². The molecule has 0 bridgehead atoms.